The Labute approximate surface area is 83.6 Å². The molecular formula is C10H16N2O2. The van der Waals surface area contributed by atoms with E-state index in [1.165, 1.54) is 0 Å². The molecule has 0 radical (unpaired) electrons. The van der Waals surface area contributed by atoms with E-state index in [1.807, 2.05) is 6.92 Å². The van der Waals surface area contributed by atoms with Crippen LogP contribution in [0.4, 0.5) is 0 Å². The van der Waals surface area contributed by atoms with Gasteiger partial charge in [0.2, 0.25) is 11.8 Å². The summed E-state index contributed by atoms with van der Waals surface area (Å²) in [5.41, 5.74) is 0. The van der Waals surface area contributed by atoms with Crippen molar-refractivity contribution in [1.82, 2.24) is 10.2 Å². The summed E-state index contributed by atoms with van der Waals surface area (Å²) in [5, 5.41) is 2.83. The molecule has 2 unspecified atom stereocenters. The van der Waals surface area contributed by atoms with E-state index in [-0.39, 0.29) is 23.9 Å². The predicted molar refractivity (Wildman–Crippen MR) is 51.5 cm³/mol. The maximum atomic E-state index is 11.8. The third kappa shape index (κ3) is 1.38. The molecule has 0 spiro atoms. The van der Waals surface area contributed by atoms with Crippen LogP contribution in [0.15, 0.2) is 0 Å². The molecule has 2 atom stereocenters. The molecule has 4 heteroatoms. The lowest BCUT2D eigenvalue weighted by atomic mass is 10.0. The maximum absolute atomic E-state index is 11.8. The number of amides is 2. The lowest BCUT2D eigenvalue weighted by molar-refractivity contribution is -0.148. The molecule has 1 saturated heterocycles. The van der Waals surface area contributed by atoms with Crippen molar-refractivity contribution in [2.24, 2.45) is 5.92 Å². The van der Waals surface area contributed by atoms with Crippen molar-refractivity contribution in [2.75, 3.05) is 7.05 Å². The molecule has 0 aromatic carbocycles. The smallest absolute Gasteiger partial charge is 0.245 e. The van der Waals surface area contributed by atoms with Crippen molar-refractivity contribution in [3.05, 3.63) is 0 Å². The second-order valence-corrected chi connectivity index (χ2v) is 4.20. The van der Waals surface area contributed by atoms with Crippen molar-refractivity contribution in [3.63, 3.8) is 0 Å². The highest BCUT2D eigenvalue weighted by Crippen LogP contribution is 2.34. The Balaban J connectivity index is 2.13. The van der Waals surface area contributed by atoms with Gasteiger partial charge < -0.3 is 10.2 Å². The van der Waals surface area contributed by atoms with Crippen molar-refractivity contribution in [3.8, 4) is 0 Å². The highest BCUT2D eigenvalue weighted by molar-refractivity contribution is 5.97. The molecule has 2 amide bonds. The number of carbonyl (C=O) groups excluding carboxylic acids is 2. The SMILES string of the molecule is CCC1C(=O)NC(C2CC2)C(=O)N1C. The second-order valence-electron chi connectivity index (χ2n) is 4.20. The average molecular weight is 196 g/mol. The molecule has 14 heavy (non-hydrogen) atoms. The van der Waals surface area contributed by atoms with Gasteiger partial charge in [-0.2, -0.15) is 0 Å². The van der Waals surface area contributed by atoms with Gasteiger partial charge in [-0.25, -0.2) is 0 Å². The second kappa shape index (κ2) is 3.26. The normalized spacial score (nSPS) is 33.1. The molecule has 0 aromatic heterocycles. The van der Waals surface area contributed by atoms with Crippen LogP contribution in [0, 0.1) is 5.92 Å². The molecule has 1 aliphatic heterocycles. The zero-order valence-corrected chi connectivity index (χ0v) is 8.62. The Hall–Kier alpha value is -1.06. The summed E-state index contributed by atoms with van der Waals surface area (Å²) in [6.07, 6.45) is 2.83. The molecule has 2 rings (SSSR count). The third-order valence-electron chi connectivity index (χ3n) is 3.16. The average Bonchev–Trinajstić information content (AvgIpc) is 2.95. The van der Waals surface area contributed by atoms with E-state index in [1.54, 1.807) is 11.9 Å². The van der Waals surface area contributed by atoms with E-state index in [2.05, 4.69) is 5.32 Å². The minimum atomic E-state index is -0.266. The fourth-order valence-corrected chi connectivity index (χ4v) is 2.07. The van der Waals surface area contributed by atoms with Crippen LogP contribution < -0.4 is 5.32 Å². The fraction of sp³-hybridized carbons (Fsp3) is 0.800. The van der Waals surface area contributed by atoms with Crippen LogP contribution in [0.2, 0.25) is 0 Å². The molecule has 0 bridgehead atoms. The summed E-state index contributed by atoms with van der Waals surface area (Å²) in [6.45, 7) is 1.92. The molecule has 1 aliphatic carbocycles. The van der Waals surface area contributed by atoms with Gasteiger partial charge in [-0.15, -0.1) is 0 Å². The number of rotatable bonds is 2. The Bertz CT molecular complexity index is 273. The van der Waals surface area contributed by atoms with E-state index in [0.717, 1.165) is 12.8 Å². The van der Waals surface area contributed by atoms with Crippen LogP contribution >= 0.6 is 0 Å². The summed E-state index contributed by atoms with van der Waals surface area (Å²) < 4.78 is 0. The zero-order valence-electron chi connectivity index (χ0n) is 8.62. The Morgan fingerprint density at radius 2 is 2.07 bits per heavy atom. The van der Waals surface area contributed by atoms with Crippen LogP contribution in [-0.2, 0) is 9.59 Å². The maximum Gasteiger partial charge on any atom is 0.245 e. The number of hydrogen-bond acceptors (Lipinski definition) is 2. The summed E-state index contributed by atoms with van der Waals surface area (Å²) in [6, 6.07) is -0.507. The molecule has 4 nitrogen and oxygen atoms in total. The first-order chi connectivity index (χ1) is 6.65. The van der Waals surface area contributed by atoms with Crippen LogP contribution in [0.25, 0.3) is 0 Å². The van der Waals surface area contributed by atoms with Gasteiger partial charge in [0.15, 0.2) is 0 Å². The molecule has 2 fully saturated rings. The van der Waals surface area contributed by atoms with Crippen LogP contribution in [0.5, 0.6) is 0 Å². The minimum Gasteiger partial charge on any atom is -0.342 e. The van der Waals surface area contributed by atoms with Gasteiger partial charge in [-0.1, -0.05) is 6.92 Å². The highest BCUT2D eigenvalue weighted by Gasteiger charge is 2.44. The third-order valence-corrected chi connectivity index (χ3v) is 3.16. The van der Waals surface area contributed by atoms with Crippen molar-refractivity contribution < 1.29 is 9.59 Å². The van der Waals surface area contributed by atoms with Gasteiger partial charge in [0.1, 0.15) is 12.1 Å². The van der Waals surface area contributed by atoms with Crippen LogP contribution in [0.3, 0.4) is 0 Å². The first kappa shape index (κ1) is 9.49. The number of nitrogens with one attached hydrogen (secondary N) is 1. The van der Waals surface area contributed by atoms with E-state index in [9.17, 15) is 9.59 Å². The molecule has 0 aromatic rings. The monoisotopic (exact) mass is 196 g/mol. The summed E-state index contributed by atoms with van der Waals surface area (Å²) in [4.78, 5) is 25.1. The summed E-state index contributed by atoms with van der Waals surface area (Å²) in [5.74, 6) is 0.483. The van der Waals surface area contributed by atoms with Crippen molar-refractivity contribution >= 4 is 11.8 Å². The van der Waals surface area contributed by atoms with Gasteiger partial charge in [0.05, 0.1) is 0 Å². The molecule has 78 valence electrons. The van der Waals surface area contributed by atoms with E-state index < -0.39 is 0 Å². The van der Waals surface area contributed by atoms with E-state index in [4.69, 9.17) is 0 Å². The number of likely N-dealkylation sites (N-methyl/N-ethyl adjacent to an activating group) is 1. The van der Waals surface area contributed by atoms with Gasteiger partial charge in [-0.05, 0) is 25.2 Å². The molecule has 1 N–H and O–H groups in total. The first-order valence-corrected chi connectivity index (χ1v) is 5.22. The molecule has 2 aliphatic rings. The summed E-state index contributed by atoms with van der Waals surface area (Å²) in [7, 11) is 1.73. The standard InChI is InChI=1S/C10H16N2O2/c1-3-7-9(13)11-8(6-4-5-6)10(14)12(7)2/h6-8H,3-5H2,1-2H3,(H,11,13). The lowest BCUT2D eigenvalue weighted by Crippen LogP contribution is -2.62. The molecular weight excluding hydrogens is 180 g/mol. The topological polar surface area (TPSA) is 49.4 Å². The first-order valence-electron chi connectivity index (χ1n) is 5.22. The fourth-order valence-electron chi connectivity index (χ4n) is 2.07. The number of piperazine rings is 1. The Kier molecular flexibility index (Phi) is 2.21. The molecule has 1 saturated carbocycles. The molecule has 1 heterocycles. The van der Waals surface area contributed by atoms with Gasteiger partial charge in [-0.3, -0.25) is 9.59 Å². The van der Waals surface area contributed by atoms with Crippen molar-refractivity contribution in [1.29, 1.82) is 0 Å². The van der Waals surface area contributed by atoms with Gasteiger partial charge >= 0.3 is 0 Å². The highest BCUT2D eigenvalue weighted by atomic mass is 16.2. The largest absolute Gasteiger partial charge is 0.342 e. The van der Waals surface area contributed by atoms with Crippen LogP contribution in [0.1, 0.15) is 26.2 Å². The Morgan fingerprint density at radius 1 is 1.43 bits per heavy atom. The Morgan fingerprint density at radius 3 is 2.57 bits per heavy atom. The van der Waals surface area contributed by atoms with Crippen molar-refractivity contribution in [2.45, 2.75) is 38.3 Å². The van der Waals surface area contributed by atoms with Gasteiger partial charge in [0.25, 0.3) is 0 Å². The summed E-state index contributed by atoms with van der Waals surface area (Å²) >= 11 is 0. The van der Waals surface area contributed by atoms with E-state index in [0.29, 0.717) is 12.3 Å². The lowest BCUT2D eigenvalue weighted by Gasteiger charge is -2.36. The minimum absolute atomic E-state index is 0.00602. The van der Waals surface area contributed by atoms with E-state index >= 15 is 0 Å². The zero-order chi connectivity index (χ0) is 10.3. The van der Waals surface area contributed by atoms with Crippen LogP contribution in [-0.4, -0.2) is 35.8 Å². The van der Waals surface area contributed by atoms with Gasteiger partial charge in [0, 0.05) is 7.05 Å². The number of hydrogen-bond donors (Lipinski definition) is 1. The predicted octanol–water partition coefficient (Wildman–Crippen LogP) is 0.132. The number of carbonyl (C=O) groups is 2. The quantitative estimate of drug-likeness (QED) is 0.682. The number of nitrogens with zero attached hydrogens (tertiary/aromatic N) is 1.